The first-order chi connectivity index (χ1) is 7.27. The molecule has 0 atom stereocenters. The summed E-state index contributed by atoms with van der Waals surface area (Å²) < 4.78 is 5.59. The lowest BCUT2D eigenvalue weighted by Gasteiger charge is -2.24. The van der Waals surface area contributed by atoms with E-state index in [0.29, 0.717) is 11.6 Å². The van der Waals surface area contributed by atoms with Crippen LogP contribution in [0.3, 0.4) is 0 Å². The minimum Gasteiger partial charge on any atom is -0.476 e. The molecular formula is C12H18N2O. The third-order valence-corrected chi connectivity index (χ3v) is 3.16. The predicted octanol–water partition coefficient (Wildman–Crippen LogP) is 2.54. The second-order valence-corrected chi connectivity index (χ2v) is 4.28. The van der Waals surface area contributed by atoms with Crippen LogP contribution in [0.4, 0.5) is 5.69 Å². The molecule has 0 aromatic carbocycles. The van der Waals surface area contributed by atoms with Gasteiger partial charge in [-0.3, -0.25) is 0 Å². The van der Waals surface area contributed by atoms with Crippen LogP contribution in [-0.4, -0.2) is 11.6 Å². The Morgan fingerprint density at radius 1 is 1.53 bits per heavy atom. The molecule has 1 aromatic rings. The number of aromatic nitrogens is 1. The first-order valence-electron chi connectivity index (χ1n) is 5.61. The Bertz CT molecular complexity index is 334. The van der Waals surface area contributed by atoms with Crippen molar-refractivity contribution in [1.82, 2.24) is 4.98 Å². The minimum absolute atomic E-state index is 0.592. The van der Waals surface area contributed by atoms with Gasteiger partial charge in [0.25, 0.3) is 0 Å². The van der Waals surface area contributed by atoms with E-state index >= 15 is 0 Å². The monoisotopic (exact) mass is 206 g/mol. The molecule has 0 radical (unpaired) electrons. The van der Waals surface area contributed by atoms with Gasteiger partial charge in [-0.25, -0.2) is 4.98 Å². The van der Waals surface area contributed by atoms with Crippen molar-refractivity contribution in [3.05, 3.63) is 17.8 Å². The van der Waals surface area contributed by atoms with Crippen molar-refractivity contribution in [3.63, 3.8) is 0 Å². The van der Waals surface area contributed by atoms with Crippen LogP contribution < -0.4 is 10.5 Å². The number of ether oxygens (including phenoxy) is 1. The summed E-state index contributed by atoms with van der Waals surface area (Å²) in [5, 5.41) is 0. The number of nitrogens with zero attached hydrogens (tertiary/aromatic N) is 1. The summed E-state index contributed by atoms with van der Waals surface area (Å²) in [7, 11) is 0. The summed E-state index contributed by atoms with van der Waals surface area (Å²) in [6.07, 6.45) is 6.98. The first-order valence-corrected chi connectivity index (χ1v) is 5.61. The van der Waals surface area contributed by atoms with E-state index in [1.807, 2.05) is 13.0 Å². The van der Waals surface area contributed by atoms with Crippen LogP contribution in [0.5, 0.6) is 5.88 Å². The number of hydrogen-bond acceptors (Lipinski definition) is 3. The number of anilines is 1. The summed E-state index contributed by atoms with van der Waals surface area (Å²) in [6.45, 7) is 2.71. The van der Waals surface area contributed by atoms with E-state index in [1.54, 1.807) is 6.20 Å². The lowest BCUT2D eigenvalue weighted by Crippen LogP contribution is -2.15. The Hall–Kier alpha value is -1.25. The highest BCUT2D eigenvalue weighted by Crippen LogP contribution is 2.29. The van der Waals surface area contributed by atoms with Crippen molar-refractivity contribution in [2.75, 3.05) is 12.3 Å². The lowest BCUT2D eigenvalue weighted by molar-refractivity contribution is 0.218. The van der Waals surface area contributed by atoms with Crippen molar-refractivity contribution in [2.24, 2.45) is 5.92 Å². The molecule has 3 nitrogen and oxygen atoms in total. The normalized spacial score (nSPS) is 16.1. The van der Waals surface area contributed by atoms with Crippen LogP contribution in [0.2, 0.25) is 0 Å². The molecule has 1 fully saturated rings. The fourth-order valence-electron chi connectivity index (χ4n) is 1.76. The van der Waals surface area contributed by atoms with Crippen molar-refractivity contribution < 1.29 is 4.74 Å². The van der Waals surface area contributed by atoms with Crippen LogP contribution >= 0.6 is 0 Å². The fourth-order valence-corrected chi connectivity index (χ4v) is 1.76. The molecule has 1 aliphatic rings. The second-order valence-electron chi connectivity index (χ2n) is 4.28. The molecule has 0 bridgehead atoms. The van der Waals surface area contributed by atoms with Crippen molar-refractivity contribution in [3.8, 4) is 5.88 Å². The maximum Gasteiger partial charge on any atom is 0.237 e. The molecule has 82 valence electrons. The van der Waals surface area contributed by atoms with Crippen LogP contribution in [0.15, 0.2) is 12.3 Å². The average molecular weight is 206 g/mol. The van der Waals surface area contributed by atoms with Gasteiger partial charge in [-0.2, -0.15) is 0 Å². The summed E-state index contributed by atoms with van der Waals surface area (Å²) in [4.78, 5) is 4.13. The smallest absolute Gasteiger partial charge is 0.237 e. The molecule has 2 N–H and O–H groups in total. The van der Waals surface area contributed by atoms with Gasteiger partial charge in [-0.15, -0.1) is 0 Å². The largest absolute Gasteiger partial charge is 0.476 e. The van der Waals surface area contributed by atoms with E-state index in [4.69, 9.17) is 10.5 Å². The van der Waals surface area contributed by atoms with Gasteiger partial charge in [-0.05, 0) is 30.9 Å². The van der Waals surface area contributed by atoms with Crippen molar-refractivity contribution in [2.45, 2.75) is 32.6 Å². The standard InChI is InChI=1S/C12H18N2O/c1-9-5-7-14-12(11(9)13)15-8-6-10-3-2-4-10/h5,7,10H,2-4,6,8,13H2,1H3. The van der Waals surface area contributed by atoms with Gasteiger partial charge >= 0.3 is 0 Å². The topological polar surface area (TPSA) is 48.1 Å². The maximum absolute atomic E-state index is 5.86. The second kappa shape index (κ2) is 4.51. The summed E-state index contributed by atoms with van der Waals surface area (Å²) in [5.74, 6) is 1.46. The van der Waals surface area contributed by atoms with Crippen molar-refractivity contribution >= 4 is 5.69 Å². The molecule has 0 aliphatic heterocycles. The highest BCUT2D eigenvalue weighted by molar-refractivity contribution is 5.53. The van der Waals surface area contributed by atoms with E-state index in [1.165, 1.54) is 19.3 Å². The SMILES string of the molecule is Cc1ccnc(OCCC2CCC2)c1N. The molecule has 2 rings (SSSR count). The average Bonchev–Trinajstić information content (AvgIpc) is 2.16. The maximum atomic E-state index is 5.86. The zero-order valence-electron chi connectivity index (χ0n) is 9.20. The Balaban J connectivity index is 1.84. The molecule has 0 unspecified atom stereocenters. The number of hydrogen-bond donors (Lipinski definition) is 1. The molecule has 1 aliphatic carbocycles. The highest BCUT2D eigenvalue weighted by Gasteiger charge is 2.17. The Labute approximate surface area is 90.7 Å². The number of pyridine rings is 1. The molecular weight excluding hydrogens is 188 g/mol. The molecule has 1 saturated carbocycles. The Kier molecular flexibility index (Phi) is 3.09. The zero-order valence-corrected chi connectivity index (χ0v) is 9.20. The molecule has 1 heterocycles. The molecule has 0 amide bonds. The lowest BCUT2D eigenvalue weighted by atomic mass is 9.83. The van der Waals surface area contributed by atoms with Gasteiger partial charge in [-0.1, -0.05) is 19.3 Å². The molecule has 15 heavy (non-hydrogen) atoms. The van der Waals surface area contributed by atoms with Crippen LogP contribution in [0.1, 0.15) is 31.2 Å². The summed E-state index contributed by atoms with van der Waals surface area (Å²) in [5.41, 5.74) is 7.56. The van der Waals surface area contributed by atoms with Crippen LogP contribution in [0, 0.1) is 12.8 Å². The van der Waals surface area contributed by atoms with Crippen LogP contribution in [-0.2, 0) is 0 Å². The van der Waals surface area contributed by atoms with Crippen molar-refractivity contribution in [1.29, 1.82) is 0 Å². The van der Waals surface area contributed by atoms with E-state index in [9.17, 15) is 0 Å². The van der Waals surface area contributed by atoms with Crippen LogP contribution in [0.25, 0.3) is 0 Å². The van der Waals surface area contributed by atoms with Gasteiger partial charge in [0, 0.05) is 6.20 Å². The number of rotatable bonds is 4. The van der Waals surface area contributed by atoms with Gasteiger partial charge in [0.1, 0.15) is 0 Å². The number of nitrogens with two attached hydrogens (primary N) is 1. The van der Waals surface area contributed by atoms with Gasteiger partial charge in [0.05, 0.1) is 12.3 Å². The third kappa shape index (κ3) is 2.41. The third-order valence-electron chi connectivity index (χ3n) is 3.16. The molecule has 3 heteroatoms. The van der Waals surface area contributed by atoms with Gasteiger partial charge in [0.15, 0.2) is 0 Å². The van der Waals surface area contributed by atoms with Gasteiger partial charge in [0.2, 0.25) is 5.88 Å². The molecule has 0 saturated heterocycles. The molecule has 0 spiro atoms. The summed E-state index contributed by atoms with van der Waals surface area (Å²) >= 11 is 0. The number of aryl methyl sites for hydroxylation is 1. The van der Waals surface area contributed by atoms with E-state index in [-0.39, 0.29) is 0 Å². The quantitative estimate of drug-likeness (QED) is 0.823. The number of nitrogen functional groups attached to an aromatic ring is 1. The summed E-state index contributed by atoms with van der Waals surface area (Å²) in [6, 6.07) is 1.90. The van der Waals surface area contributed by atoms with Gasteiger partial charge < -0.3 is 10.5 Å². The highest BCUT2D eigenvalue weighted by atomic mass is 16.5. The minimum atomic E-state index is 0.592. The Morgan fingerprint density at radius 2 is 2.33 bits per heavy atom. The predicted molar refractivity (Wildman–Crippen MR) is 60.8 cm³/mol. The van der Waals surface area contributed by atoms with E-state index in [0.717, 1.165) is 24.5 Å². The Morgan fingerprint density at radius 3 is 3.00 bits per heavy atom. The first kappa shape index (κ1) is 10.3. The van der Waals surface area contributed by atoms with E-state index < -0.39 is 0 Å². The fraction of sp³-hybridized carbons (Fsp3) is 0.583. The molecule has 1 aromatic heterocycles. The van der Waals surface area contributed by atoms with E-state index in [2.05, 4.69) is 4.98 Å². The zero-order chi connectivity index (χ0) is 10.7.